The third kappa shape index (κ3) is 1.34. The van der Waals surface area contributed by atoms with Crippen molar-refractivity contribution in [2.24, 2.45) is 0 Å². The number of rotatable bonds is 3. The highest BCUT2D eigenvalue weighted by molar-refractivity contribution is 5.08. The minimum absolute atomic E-state index is 0.0898. The Hall–Kier alpha value is -0.900. The van der Waals surface area contributed by atoms with E-state index >= 15 is 0 Å². The topological polar surface area (TPSA) is 42.7 Å². The first kappa shape index (κ1) is 9.65. The minimum atomic E-state index is 0.0898. The molecule has 0 aromatic carbocycles. The molecule has 1 N–H and O–H groups in total. The highest BCUT2D eigenvalue weighted by atomic mass is 15.3. The highest BCUT2D eigenvalue weighted by Crippen LogP contribution is 2.37. The molecule has 1 aliphatic rings. The molecular formula is C10H18N4. The highest BCUT2D eigenvalue weighted by Gasteiger charge is 2.37. The van der Waals surface area contributed by atoms with E-state index in [2.05, 4.69) is 27.0 Å². The molecule has 1 saturated carbocycles. The molecule has 0 spiro atoms. The summed E-state index contributed by atoms with van der Waals surface area (Å²) in [5.41, 5.74) is 0.0898. The van der Waals surface area contributed by atoms with E-state index in [1.54, 1.807) is 0 Å². The molecule has 14 heavy (non-hydrogen) atoms. The molecule has 0 atom stereocenters. The second-order valence-electron chi connectivity index (χ2n) is 3.98. The Morgan fingerprint density at radius 3 is 2.79 bits per heavy atom. The number of aromatic nitrogens is 3. The van der Waals surface area contributed by atoms with Gasteiger partial charge in [-0.1, -0.05) is 12.8 Å². The van der Waals surface area contributed by atoms with Crippen LogP contribution in [0.2, 0.25) is 0 Å². The SMILES string of the molecule is CCn1cnnc1C1(NC)CCCC1. The molecule has 0 bridgehead atoms. The first-order valence-corrected chi connectivity index (χ1v) is 5.39. The molecule has 0 aliphatic heterocycles. The van der Waals surface area contributed by atoms with E-state index in [0.29, 0.717) is 0 Å². The van der Waals surface area contributed by atoms with Gasteiger partial charge in [-0.15, -0.1) is 10.2 Å². The van der Waals surface area contributed by atoms with E-state index in [1.165, 1.54) is 25.7 Å². The third-order valence-corrected chi connectivity index (χ3v) is 3.32. The van der Waals surface area contributed by atoms with Gasteiger partial charge in [0.2, 0.25) is 0 Å². The summed E-state index contributed by atoms with van der Waals surface area (Å²) in [5, 5.41) is 11.7. The van der Waals surface area contributed by atoms with Crippen LogP contribution < -0.4 is 5.32 Å². The van der Waals surface area contributed by atoms with Crippen LogP contribution >= 0.6 is 0 Å². The zero-order chi connectivity index (χ0) is 10.0. The second-order valence-corrected chi connectivity index (χ2v) is 3.98. The van der Waals surface area contributed by atoms with Crippen molar-refractivity contribution in [1.82, 2.24) is 20.1 Å². The first-order valence-electron chi connectivity index (χ1n) is 5.39. The Labute approximate surface area is 84.7 Å². The van der Waals surface area contributed by atoms with E-state index < -0.39 is 0 Å². The van der Waals surface area contributed by atoms with Gasteiger partial charge >= 0.3 is 0 Å². The molecule has 0 radical (unpaired) electrons. The van der Waals surface area contributed by atoms with Gasteiger partial charge in [-0.25, -0.2) is 0 Å². The molecule has 4 heteroatoms. The number of nitrogens with zero attached hydrogens (tertiary/aromatic N) is 3. The predicted molar refractivity (Wildman–Crippen MR) is 54.9 cm³/mol. The molecule has 1 heterocycles. The molecule has 0 amide bonds. The molecule has 0 saturated heterocycles. The van der Waals surface area contributed by atoms with Gasteiger partial charge < -0.3 is 9.88 Å². The molecule has 4 nitrogen and oxygen atoms in total. The van der Waals surface area contributed by atoms with Crippen molar-refractivity contribution in [3.63, 3.8) is 0 Å². The summed E-state index contributed by atoms with van der Waals surface area (Å²) < 4.78 is 2.14. The summed E-state index contributed by atoms with van der Waals surface area (Å²) in [6.45, 7) is 3.08. The number of hydrogen-bond donors (Lipinski definition) is 1. The Bertz CT molecular complexity index is 299. The number of nitrogens with one attached hydrogen (secondary N) is 1. The standard InChI is InChI=1S/C10H18N4/c1-3-14-8-12-13-9(14)10(11-2)6-4-5-7-10/h8,11H,3-7H2,1-2H3. The van der Waals surface area contributed by atoms with Crippen LogP contribution in [0.5, 0.6) is 0 Å². The van der Waals surface area contributed by atoms with Crippen molar-refractivity contribution in [2.45, 2.75) is 44.7 Å². The van der Waals surface area contributed by atoms with Gasteiger partial charge in [0.25, 0.3) is 0 Å². The Morgan fingerprint density at radius 2 is 2.21 bits per heavy atom. The maximum atomic E-state index is 4.26. The minimum Gasteiger partial charge on any atom is -0.316 e. The Kier molecular flexibility index (Phi) is 2.54. The van der Waals surface area contributed by atoms with E-state index in [0.717, 1.165) is 12.4 Å². The zero-order valence-electron chi connectivity index (χ0n) is 8.95. The van der Waals surface area contributed by atoms with Gasteiger partial charge in [-0.05, 0) is 26.8 Å². The van der Waals surface area contributed by atoms with Crippen LogP contribution in [0.1, 0.15) is 38.4 Å². The average molecular weight is 194 g/mol. The lowest BCUT2D eigenvalue weighted by Gasteiger charge is -2.27. The molecule has 1 aromatic heterocycles. The van der Waals surface area contributed by atoms with E-state index in [4.69, 9.17) is 0 Å². The summed E-state index contributed by atoms with van der Waals surface area (Å²) in [7, 11) is 2.03. The fourth-order valence-electron chi connectivity index (χ4n) is 2.42. The molecular weight excluding hydrogens is 176 g/mol. The van der Waals surface area contributed by atoms with Crippen molar-refractivity contribution in [1.29, 1.82) is 0 Å². The fourth-order valence-corrected chi connectivity index (χ4v) is 2.42. The maximum Gasteiger partial charge on any atom is 0.153 e. The summed E-state index contributed by atoms with van der Waals surface area (Å²) >= 11 is 0. The summed E-state index contributed by atoms with van der Waals surface area (Å²) in [5.74, 6) is 1.11. The molecule has 78 valence electrons. The summed E-state index contributed by atoms with van der Waals surface area (Å²) in [6, 6.07) is 0. The van der Waals surface area contributed by atoms with Crippen LogP contribution in [-0.4, -0.2) is 21.8 Å². The quantitative estimate of drug-likeness (QED) is 0.788. The Morgan fingerprint density at radius 1 is 1.50 bits per heavy atom. The lowest BCUT2D eigenvalue weighted by atomic mass is 9.97. The first-order chi connectivity index (χ1) is 6.82. The zero-order valence-corrected chi connectivity index (χ0v) is 8.95. The van der Waals surface area contributed by atoms with Gasteiger partial charge in [0.15, 0.2) is 5.82 Å². The van der Waals surface area contributed by atoms with Crippen LogP contribution in [0.25, 0.3) is 0 Å². The van der Waals surface area contributed by atoms with Crippen molar-refractivity contribution in [3.8, 4) is 0 Å². The van der Waals surface area contributed by atoms with Gasteiger partial charge in [-0.3, -0.25) is 0 Å². The van der Waals surface area contributed by atoms with E-state index in [1.807, 2.05) is 13.4 Å². The van der Waals surface area contributed by atoms with Crippen molar-refractivity contribution in [2.75, 3.05) is 7.05 Å². The van der Waals surface area contributed by atoms with E-state index in [9.17, 15) is 0 Å². The largest absolute Gasteiger partial charge is 0.316 e. The van der Waals surface area contributed by atoms with Gasteiger partial charge in [-0.2, -0.15) is 0 Å². The van der Waals surface area contributed by atoms with Gasteiger partial charge in [0, 0.05) is 6.54 Å². The van der Waals surface area contributed by atoms with E-state index in [-0.39, 0.29) is 5.54 Å². The lowest BCUT2D eigenvalue weighted by Crippen LogP contribution is -2.39. The monoisotopic (exact) mass is 194 g/mol. The number of hydrogen-bond acceptors (Lipinski definition) is 3. The Balaban J connectivity index is 2.35. The van der Waals surface area contributed by atoms with Crippen molar-refractivity contribution < 1.29 is 0 Å². The fraction of sp³-hybridized carbons (Fsp3) is 0.800. The predicted octanol–water partition coefficient (Wildman–Crippen LogP) is 1.29. The summed E-state index contributed by atoms with van der Waals surface area (Å²) in [4.78, 5) is 0. The average Bonchev–Trinajstić information content (AvgIpc) is 2.86. The van der Waals surface area contributed by atoms with Crippen LogP contribution in [-0.2, 0) is 12.1 Å². The van der Waals surface area contributed by atoms with Crippen molar-refractivity contribution in [3.05, 3.63) is 12.2 Å². The molecule has 1 aromatic rings. The van der Waals surface area contributed by atoms with Gasteiger partial charge in [0.05, 0.1) is 5.54 Å². The van der Waals surface area contributed by atoms with Crippen LogP contribution in [0.15, 0.2) is 6.33 Å². The third-order valence-electron chi connectivity index (χ3n) is 3.32. The maximum absolute atomic E-state index is 4.26. The second kappa shape index (κ2) is 3.69. The van der Waals surface area contributed by atoms with Crippen LogP contribution in [0.4, 0.5) is 0 Å². The summed E-state index contributed by atoms with van der Waals surface area (Å²) in [6.07, 6.45) is 6.77. The molecule has 2 rings (SSSR count). The van der Waals surface area contributed by atoms with Gasteiger partial charge in [0.1, 0.15) is 6.33 Å². The lowest BCUT2D eigenvalue weighted by molar-refractivity contribution is 0.335. The molecule has 1 fully saturated rings. The smallest absolute Gasteiger partial charge is 0.153 e. The molecule has 0 unspecified atom stereocenters. The normalized spacial score (nSPS) is 20.1. The van der Waals surface area contributed by atoms with Crippen molar-refractivity contribution >= 4 is 0 Å². The van der Waals surface area contributed by atoms with Crippen LogP contribution in [0.3, 0.4) is 0 Å². The molecule has 1 aliphatic carbocycles. The van der Waals surface area contributed by atoms with Crippen LogP contribution in [0, 0.1) is 0 Å². The number of aryl methyl sites for hydroxylation is 1.